The topological polar surface area (TPSA) is 48.2 Å². The van der Waals surface area contributed by atoms with E-state index in [4.69, 9.17) is 9.15 Å². The van der Waals surface area contributed by atoms with E-state index < -0.39 is 0 Å². The third kappa shape index (κ3) is 3.20. The number of benzene rings is 2. The van der Waals surface area contributed by atoms with Crippen LogP contribution in [0.25, 0.3) is 11.5 Å². The standard InChI is InChI=1S/C17H15BrN2O2/c1-2-15(21-12-8-4-3-5-9-12)17-20-19-16(22-17)13-10-6-7-11-14(13)18/h3-11,15H,2H2,1H3. The Morgan fingerprint density at radius 1 is 1.05 bits per heavy atom. The largest absolute Gasteiger partial charge is 0.481 e. The summed E-state index contributed by atoms with van der Waals surface area (Å²) in [6.07, 6.45) is 0.484. The lowest BCUT2D eigenvalue weighted by Gasteiger charge is -2.13. The van der Waals surface area contributed by atoms with Crippen LogP contribution in [-0.4, -0.2) is 10.2 Å². The van der Waals surface area contributed by atoms with E-state index in [-0.39, 0.29) is 6.10 Å². The molecule has 4 nitrogen and oxygen atoms in total. The number of hydrogen-bond acceptors (Lipinski definition) is 4. The van der Waals surface area contributed by atoms with Crippen molar-refractivity contribution in [1.29, 1.82) is 0 Å². The lowest BCUT2D eigenvalue weighted by atomic mass is 10.2. The van der Waals surface area contributed by atoms with Gasteiger partial charge in [0, 0.05) is 4.47 Å². The Bertz CT molecular complexity index is 743. The van der Waals surface area contributed by atoms with Crippen molar-refractivity contribution in [1.82, 2.24) is 10.2 Å². The molecule has 0 N–H and O–H groups in total. The molecule has 1 aromatic heterocycles. The van der Waals surface area contributed by atoms with Gasteiger partial charge in [-0.25, -0.2) is 0 Å². The van der Waals surface area contributed by atoms with Gasteiger partial charge < -0.3 is 9.15 Å². The van der Waals surface area contributed by atoms with Gasteiger partial charge >= 0.3 is 0 Å². The molecule has 3 aromatic rings. The third-order valence-electron chi connectivity index (χ3n) is 3.21. The highest BCUT2D eigenvalue weighted by Crippen LogP contribution is 2.30. The Morgan fingerprint density at radius 2 is 1.77 bits per heavy atom. The van der Waals surface area contributed by atoms with Crippen LogP contribution in [0, 0.1) is 0 Å². The second-order valence-corrected chi connectivity index (χ2v) is 5.61. The fourth-order valence-electron chi connectivity index (χ4n) is 2.08. The first-order valence-electron chi connectivity index (χ1n) is 7.08. The van der Waals surface area contributed by atoms with Gasteiger partial charge in [-0.1, -0.05) is 37.3 Å². The minimum atomic E-state index is -0.258. The van der Waals surface area contributed by atoms with Crippen molar-refractivity contribution >= 4 is 15.9 Å². The molecule has 0 aliphatic carbocycles. The molecule has 0 spiro atoms. The molecule has 1 heterocycles. The van der Waals surface area contributed by atoms with E-state index in [1.807, 2.05) is 61.5 Å². The van der Waals surface area contributed by atoms with E-state index in [0.717, 1.165) is 22.2 Å². The second kappa shape index (κ2) is 6.75. The van der Waals surface area contributed by atoms with Gasteiger partial charge in [0.25, 0.3) is 5.89 Å². The predicted molar refractivity (Wildman–Crippen MR) is 87.5 cm³/mol. The summed E-state index contributed by atoms with van der Waals surface area (Å²) >= 11 is 3.49. The highest BCUT2D eigenvalue weighted by Gasteiger charge is 2.20. The fraction of sp³-hybridized carbons (Fsp3) is 0.176. The number of nitrogens with zero attached hydrogens (tertiary/aromatic N) is 2. The molecule has 0 bridgehead atoms. The first-order chi connectivity index (χ1) is 10.8. The second-order valence-electron chi connectivity index (χ2n) is 4.75. The number of hydrogen-bond donors (Lipinski definition) is 0. The van der Waals surface area contributed by atoms with Gasteiger partial charge in [-0.15, -0.1) is 10.2 Å². The molecule has 1 unspecified atom stereocenters. The summed E-state index contributed by atoms with van der Waals surface area (Å²) in [5, 5.41) is 8.27. The molecule has 1 atom stereocenters. The summed E-state index contributed by atoms with van der Waals surface area (Å²) in [7, 11) is 0. The predicted octanol–water partition coefficient (Wildman–Crippen LogP) is 5.03. The molecule has 0 amide bonds. The van der Waals surface area contributed by atoms with E-state index in [9.17, 15) is 0 Å². The molecule has 2 aromatic carbocycles. The lowest BCUT2D eigenvalue weighted by Crippen LogP contribution is -2.06. The van der Waals surface area contributed by atoms with Crippen LogP contribution in [-0.2, 0) is 0 Å². The highest BCUT2D eigenvalue weighted by molar-refractivity contribution is 9.10. The zero-order valence-corrected chi connectivity index (χ0v) is 13.7. The molecule has 0 aliphatic heterocycles. The van der Waals surface area contributed by atoms with Crippen LogP contribution in [0.3, 0.4) is 0 Å². The third-order valence-corrected chi connectivity index (χ3v) is 3.90. The van der Waals surface area contributed by atoms with Gasteiger partial charge in [0.15, 0.2) is 6.10 Å². The van der Waals surface area contributed by atoms with E-state index in [1.54, 1.807) is 0 Å². The van der Waals surface area contributed by atoms with E-state index in [2.05, 4.69) is 26.1 Å². The van der Waals surface area contributed by atoms with Gasteiger partial charge in [-0.2, -0.15) is 0 Å². The molecular formula is C17H15BrN2O2. The van der Waals surface area contributed by atoms with Crippen molar-refractivity contribution < 1.29 is 9.15 Å². The number of para-hydroxylation sites is 1. The van der Waals surface area contributed by atoms with Crippen molar-refractivity contribution in [2.45, 2.75) is 19.4 Å². The van der Waals surface area contributed by atoms with Gasteiger partial charge in [-0.05, 0) is 46.6 Å². The number of aromatic nitrogens is 2. The van der Waals surface area contributed by atoms with Crippen LogP contribution in [0.5, 0.6) is 5.75 Å². The van der Waals surface area contributed by atoms with Gasteiger partial charge in [0.1, 0.15) is 5.75 Å². The summed E-state index contributed by atoms with van der Waals surface area (Å²) in [6.45, 7) is 2.02. The molecule has 0 radical (unpaired) electrons. The summed E-state index contributed by atoms with van der Waals surface area (Å²) in [5.74, 6) is 1.75. The smallest absolute Gasteiger partial charge is 0.257 e. The number of halogens is 1. The maximum absolute atomic E-state index is 5.92. The highest BCUT2D eigenvalue weighted by atomic mass is 79.9. The van der Waals surface area contributed by atoms with Crippen molar-refractivity contribution in [3.63, 3.8) is 0 Å². The lowest BCUT2D eigenvalue weighted by molar-refractivity contribution is 0.166. The van der Waals surface area contributed by atoms with Crippen LogP contribution in [0.1, 0.15) is 25.3 Å². The maximum atomic E-state index is 5.92. The number of ether oxygens (including phenoxy) is 1. The van der Waals surface area contributed by atoms with Crippen LogP contribution < -0.4 is 4.74 Å². The van der Waals surface area contributed by atoms with Crippen LogP contribution in [0.2, 0.25) is 0 Å². The fourth-order valence-corrected chi connectivity index (χ4v) is 2.53. The monoisotopic (exact) mass is 358 g/mol. The molecule has 22 heavy (non-hydrogen) atoms. The molecule has 3 rings (SSSR count). The normalized spacial score (nSPS) is 12.1. The van der Waals surface area contributed by atoms with Crippen molar-refractivity contribution in [3.8, 4) is 17.2 Å². The van der Waals surface area contributed by atoms with Crippen LogP contribution in [0.15, 0.2) is 63.5 Å². The van der Waals surface area contributed by atoms with Gasteiger partial charge in [-0.3, -0.25) is 0 Å². The van der Waals surface area contributed by atoms with Crippen molar-refractivity contribution in [2.75, 3.05) is 0 Å². The van der Waals surface area contributed by atoms with Gasteiger partial charge in [0.05, 0.1) is 5.56 Å². The first kappa shape index (κ1) is 14.8. The quantitative estimate of drug-likeness (QED) is 0.641. The van der Waals surface area contributed by atoms with E-state index >= 15 is 0 Å². The Labute approximate surface area is 137 Å². The SMILES string of the molecule is CCC(Oc1ccccc1)c1nnc(-c2ccccc2Br)o1. The minimum absolute atomic E-state index is 0.258. The molecule has 0 fully saturated rings. The Kier molecular flexibility index (Phi) is 4.53. The average Bonchev–Trinajstić information content (AvgIpc) is 3.03. The van der Waals surface area contributed by atoms with Crippen LogP contribution in [0.4, 0.5) is 0 Å². The average molecular weight is 359 g/mol. The van der Waals surface area contributed by atoms with Crippen molar-refractivity contribution in [3.05, 3.63) is 65.0 Å². The number of rotatable bonds is 5. The first-order valence-corrected chi connectivity index (χ1v) is 7.87. The molecule has 0 aliphatic rings. The Morgan fingerprint density at radius 3 is 2.50 bits per heavy atom. The molecular weight excluding hydrogens is 344 g/mol. The van der Waals surface area contributed by atoms with Crippen LogP contribution >= 0.6 is 15.9 Å². The summed E-state index contributed by atoms with van der Waals surface area (Å²) < 4.78 is 12.6. The Hall–Kier alpha value is -2.14. The van der Waals surface area contributed by atoms with E-state index in [1.165, 1.54) is 0 Å². The Balaban J connectivity index is 1.84. The molecule has 5 heteroatoms. The molecule has 0 saturated heterocycles. The summed E-state index contributed by atoms with van der Waals surface area (Å²) in [4.78, 5) is 0. The molecule has 0 saturated carbocycles. The summed E-state index contributed by atoms with van der Waals surface area (Å²) in [5.41, 5.74) is 0.871. The minimum Gasteiger partial charge on any atom is -0.481 e. The molecule has 112 valence electrons. The summed E-state index contributed by atoms with van der Waals surface area (Å²) in [6, 6.07) is 17.4. The zero-order chi connectivity index (χ0) is 15.4. The maximum Gasteiger partial charge on any atom is 0.257 e. The zero-order valence-electron chi connectivity index (χ0n) is 12.1. The van der Waals surface area contributed by atoms with Crippen molar-refractivity contribution in [2.24, 2.45) is 0 Å². The van der Waals surface area contributed by atoms with Gasteiger partial charge in [0.2, 0.25) is 5.89 Å². The van der Waals surface area contributed by atoms with E-state index in [0.29, 0.717) is 11.8 Å².